The first-order valence-corrected chi connectivity index (χ1v) is 10.7. The molecular formula is C22H21N9O2. The van der Waals surface area contributed by atoms with Crippen LogP contribution in [0.15, 0.2) is 49.1 Å². The molecule has 33 heavy (non-hydrogen) atoms. The Balaban J connectivity index is 1.37. The Hall–Kier alpha value is -4.28. The van der Waals surface area contributed by atoms with Crippen molar-refractivity contribution in [2.24, 2.45) is 0 Å². The summed E-state index contributed by atoms with van der Waals surface area (Å²) < 4.78 is 1.80. The van der Waals surface area contributed by atoms with Gasteiger partial charge >= 0.3 is 6.09 Å². The van der Waals surface area contributed by atoms with Gasteiger partial charge < -0.3 is 20.2 Å². The van der Waals surface area contributed by atoms with Gasteiger partial charge in [0.25, 0.3) is 0 Å². The van der Waals surface area contributed by atoms with E-state index in [4.69, 9.17) is 10.1 Å². The Kier molecular flexibility index (Phi) is 4.35. The maximum atomic E-state index is 11.4. The Morgan fingerprint density at radius 2 is 2.03 bits per heavy atom. The number of aromatic nitrogens is 6. The van der Waals surface area contributed by atoms with Gasteiger partial charge in [-0.1, -0.05) is 0 Å². The van der Waals surface area contributed by atoms with E-state index < -0.39 is 6.09 Å². The van der Waals surface area contributed by atoms with E-state index >= 15 is 0 Å². The highest BCUT2D eigenvalue weighted by molar-refractivity contribution is 5.90. The molecule has 0 saturated carbocycles. The molecule has 0 spiro atoms. The van der Waals surface area contributed by atoms with Gasteiger partial charge in [-0.25, -0.2) is 24.4 Å². The quantitative estimate of drug-likeness (QED) is 0.489. The third kappa shape index (κ3) is 3.28. The molecule has 6 heterocycles. The van der Waals surface area contributed by atoms with Crippen molar-refractivity contribution in [2.75, 3.05) is 23.3 Å². The van der Waals surface area contributed by atoms with Gasteiger partial charge in [0.1, 0.15) is 11.6 Å². The number of rotatable bonds is 4. The second-order valence-corrected chi connectivity index (χ2v) is 8.30. The van der Waals surface area contributed by atoms with E-state index in [-0.39, 0.29) is 12.1 Å². The van der Waals surface area contributed by atoms with Crippen molar-refractivity contribution in [3.63, 3.8) is 0 Å². The van der Waals surface area contributed by atoms with Crippen molar-refractivity contribution in [1.82, 2.24) is 34.6 Å². The molecule has 11 heteroatoms. The van der Waals surface area contributed by atoms with Crippen molar-refractivity contribution in [3.05, 3.63) is 54.7 Å². The highest BCUT2D eigenvalue weighted by Gasteiger charge is 2.45. The Bertz CT molecular complexity index is 1360. The lowest BCUT2D eigenvalue weighted by Crippen LogP contribution is -2.48. The summed E-state index contributed by atoms with van der Waals surface area (Å²) in [5, 5.41) is 18.3. The predicted octanol–water partition coefficient (Wildman–Crippen LogP) is 2.60. The molecule has 2 bridgehead atoms. The minimum atomic E-state index is -0.851. The zero-order chi connectivity index (χ0) is 22.5. The molecule has 2 fully saturated rings. The maximum absolute atomic E-state index is 11.4. The normalized spacial score (nSPS) is 19.4. The third-order valence-electron chi connectivity index (χ3n) is 6.23. The van der Waals surface area contributed by atoms with Gasteiger partial charge in [0.05, 0.1) is 29.4 Å². The number of nitrogens with zero attached hydrogens (tertiary/aromatic N) is 8. The first-order chi connectivity index (χ1) is 16.1. The standard InChI is InChI=1S/C22H21N9O2/c1-13-2-3-17-20(27-18-10-23-6-7-24-18)28-31(21(17)26-13)14-4-5-25-19(9-14)29-11-16-8-15(29)12-30(16)22(32)33/h2-7,9-10,15-16H,8,11-12H2,1H3,(H,32,33)(H,24,27,28)/t15-,16-/m0/s1. The van der Waals surface area contributed by atoms with Crippen molar-refractivity contribution in [1.29, 1.82) is 0 Å². The highest BCUT2D eigenvalue weighted by atomic mass is 16.4. The van der Waals surface area contributed by atoms with Gasteiger partial charge in [0.2, 0.25) is 0 Å². The number of hydrogen-bond acceptors (Lipinski definition) is 8. The summed E-state index contributed by atoms with van der Waals surface area (Å²) >= 11 is 0. The lowest BCUT2D eigenvalue weighted by molar-refractivity contribution is 0.137. The van der Waals surface area contributed by atoms with E-state index in [9.17, 15) is 9.90 Å². The smallest absolute Gasteiger partial charge is 0.407 e. The average Bonchev–Trinajstić information content (AvgIpc) is 3.53. The van der Waals surface area contributed by atoms with E-state index in [1.807, 2.05) is 31.2 Å². The number of likely N-dealkylation sites (tertiary alicyclic amines) is 1. The van der Waals surface area contributed by atoms with Crippen LogP contribution in [0.2, 0.25) is 0 Å². The Labute approximate surface area is 188 Å². The number of hydrogen-bond donors (Lipinski definition) is 2. The molecule has 2 N–H and O–H groups in total. The van der Waals surface area contributed by atoms with E-state index in [1.54, 1.807) is 29.5 Å². The molecule has 0 aromatic carbocycles. The fraction of sp³-hybridized carbons (Fsp3) is 0.273. The number of carbonyl (C=O) groups is 1. The van der Waals surface area contributed by atoms with Crippen LogP contribution in [0.25, 0.3) is 16.7 Å². The fourth-order valence-corrected chi connectivity index (χ4v) is 4.73. The summed E-state index contributed by atoms with van der Waals surface area (Å²) in [5.74, 6) is 2.04. The molecule has 166 valence electrons. The molecule has 0 unspecified atom stereocenters. The predicted molar refractivity (Wildman–Crippen MR) is 121 cm³/mol. The second-order valence-electron chi connectivity index (χ2n) is 8.30. The number of nitrogens with one attached hydrogen (secondary N) is 1. The number of carboxylic acid groups (broad SMARTS) is 1. The van der Waals surface area contributed by atoms with Crippen LogP contribution in [0.3, 0.4) is 0 Å². The molecule has 11 nitrogen and oxygen atoms in total. The number of fused-ring (bicyclic) bond motifs is 3. The zero-order valence-electron chi connectivity index (χ0n) is 17.8. The van der Waals surface area contributed by atoms with Crippen LogP contribution in [-0.4, -0.2) is 71.0 Å². The van der Waals surface area contributed by atoms with Crippen LogP contribution in [-0.2, 0) is 0 Å². The lowest BCUT2D eigenvalue weighted by Gasteiger charge is -2.33. The van der Waals surface area contributed by atoms with Crippen molar-refractivity contribution < 1.29 is 9.90 Å². The van der Waals surface area contributed by atoms with Crippen LogP contribution in [0.5, 0.6) is 0 Å². The summed E-state index contributed by atoms with van der Waals surface area (Å²) in [6, 6.07) is 7.96. The van der Waals surface area contributed by atoms with Crippen LogP contribution in [0.4, 0.5) is 22.2 Å². The minimum absolute atomic E-state index is 0.00981. The fourth-order valence-electron chi connectivity index (χ4n) is 4.73. The topological polar surface area (TPSA) is 125 Å². The molecule has 2 aliphatic rings. The third-order valence-corrected chi connectivity index (χ3v) is 6.23. The molecule has 1 amide bonds. The molecule has 0 radical (unpaired) electrons. The number of pyridine rings is 2. The Morgan fingerprint density at radius 3 is 2.79 bits per heavy atom. The molecule has 4 aromatic rings. The van der Waals surface area contributed by atoms with E-state index in [0.29, 0.717) is 24.7 Å². The first-order valence-electron chi connectivity index (χ1n) is 10.7. The lowest BCUT2D eigenvalue weighted by atomic mass is 10.2. The van der Waals surface area contributed by atoms with Crippen molar-refractivity contribution in [3.8, 4) is 5.69 Å². The summed E-state index contributed by atoms with van der Waals surface area (Å²) in [7, 11) is 0. The van der Waals surface area contributed by atoms with Gasteiger partial charge in [-0.3, -0.25) is 4.98 Å². The van der Waals surface area contributed by atoms with Crippen LogP contribution >= 0.6 is 0 Å². The van der Waals surface area contributed by atoms with Crippen LogP contribution in [0, 0.1) is 6.92 Å². The molecular weight excluding hydrogens is 422 g/mol. The molecule has 2 atom stereocenters. The van der Waals surface area contributed by atoms with Crippen LogP contribution < -0.4 is 10.2 Å². The van der Waals surface area contributed by atoms with Gasteiger partial charge in [-0.15, -0.1) is 5.10 Å². The van der Waals surface area contributed by atoms with Crippen molar-refractivity contribution in [2.45, 2.75) is 25.4 Å². The minimum Gasteiger partial charge on any atom is -0.465 e. The number of aryl methyl sites for hydroxylation is 1. The van der Waals surface area contributed by atoms with Gasteiger partial charge in [-0.05, 0) is 31.5 Å². The van der Waals surface area contributed by atoms with E-state index in [0.717, 1.165) is 34.7 Å². The molecule has 2 saturated heterocycles. The van der Waals surface area contributed by atoms with Gasteiger partial charge in [-0.2, -0.15) is 0 Å². The molecule has 4 aromatic heterocycles. The number of piperazine rings is 1. The van der Waals surface area contributed by atoms with Crippen molar-refractivity contribution >= 4 is 34.6 Å². The monoisotopic (exact) mass is 443 g/mol. The average molecular weight is 443 g/mol. The number of anilines is 3. The maximum Gasteiger partial charge on any atom is 0.407 e. The second kappa shape index (κ2) is 7.40. The van der Waals surface area contributed by atoms with E-state index in [2.05, 4.69) is 25.2 Å². The summed E-state index contributed by atoms with van der Waals surface area (Å²) in [5.41, 5.74) is 2.43. The van der Waals surface area contributed by atoms with E-state index in [1.165, 1.54) is 4.90 Å². The summed E-state index contributed by atoms with van der Waals surface area (Å²) in [6.45, 7) is 3.09. The molecule has 2 aliphatic heterocycles. The van der Waals surface area contributed by atoms with Gasteiger partial charge in [0.15, 0.2) is 11.5 Å². The molecule has 0 aliphatic carbocycles. The number of amides is 1. The Morgan fingerprint density at radius 1 is 1.12 bits per heavy atom. The zero-order valence-corrected chi connectivity index (χ0v) is 17.8. The summed E-state index contributed by atoms with van der Waals surface area (Å²) in [6.07, 6.45) is 6.61. The van der Waals surface area contributed by atoms with Crippen LogP contribution in [0.1, 0.15) is 12.1 Å². The van der Waals surface area contributed by atoms with Gasteiger partial charge in [0, 0.05) is 43.4 Å². The molecule has 6 rings (SSSR count). The highest BCUT2D eigenvalue weighted by Crippen LogP contribution is 2.35. The first kappa shape index (κ1) is 19.4. The largest absolute Gasteiger partial charge is 0.465 e. The SMILES string of the molecule is Cc1ccc2c(Nc3cnccn3)nn(-c3ccnc(N4C[C@@H]5C[C@H]4CN5C(=O)O)c3)c2n1. The summed E-state index contributed by atoms with van der Waals surface area (Å²) in [4.78, 5) is 32.8.